The third-order valence-electron chi connectivity index (χ3n) is 3.87. The van der Waals surface area contributed by atoms with E-state index < -0.39 is 0 Å². The van der Waals surface area contributed by atoms with Gasteiger partial charge < -0.3 is 9.64 Å². The summed E-state index contributed by atoms with van der Waals surface area (Å²) in [5.74, 6) is 0.878. The molecule has 2 aliphatic rings. The Morgan fingerprint density at radius 2 is 2.18 bits per heavy atom. The molecular weight excluding hydrogens is 216 g/mol. The average Bonchev–Trinajstić information content (AvgIpc) is 2.90. The number of hydrogen-bond acceptors (Lipinski definition) is 3. The lowest BCUT2D eigenvalue weighted by atomic mass is 10.0. The largest absolute Gasteiger partial charge is 0.377 e. The predicted molar refractivity (Wildman–Crippen MR) is 66.5 cm³/mol. The van der Waals surface area contributed by atoms with Gasteiger partial charge in [0.25, 0.3) is 0 Å². The fourth-order valence-corrected chi connectivity index (χ4v) is 3.08. The predicted octanol–water partition coefficient (Wildman–Crippen LogP) is 1.36. The average molecular weight is 240 g/mol. The maximum absolute atomic E-state index is 11.9. The van der Waals surface area contributed by atoms with Gasteiger partial charge in [0.15, 0.2) is 0 Å². The molecule has 4 heteroatoms. The van der Waals surface area contributed by atoms with Crippen LogP contribution in [0, 0.1) is 5.92 Å². The summed E-state index contributed by atoms with van der Waals surface area (Å²) < 4.78 is 5.54. The van der Waals surface area contributed by atoms with E-state index in [0.717, 1.165) is 6.54 Å². The number of ether oxygens (including phenoxy) is 1. The van der Waals surface area contributed by atoms with E-state index in [4.69, 9.17) is 4.74 Å². The van der Waals surface area contributed by atoms with Gasteiger partial charge in [0.05, 0.1) is 18.8 Å². The lowest BCUT2D eigenvalue weighted by molar-refractivity contribution is -0.130. The summed E-state index contributed by atoms with van der Waals surface area (Å²) in [5.41, 5.74) is 0. The van der Waals surface area contributed by atoms with Crippen LogP contribution in [-0.4, -0.2) is 42.8 Å². The monoisotopic (exact) mass is 240 g/mol. The van der Waals surface area contributed by atoms with Crippen LogP contribution in [0.1, 0.15) is 39.5 Å². The minimum Gasteiger partial charge on any atom is -0.377 e. The van der Waals surface area contributed by atoms with Gasteiger partial charge in [-0.1, -0.05) is 12.8 Å². The number of nitrogens with one attached hydrogen (secondary N) is 1. The van der Waals surface area contributed by atoms with Crippen LogP contribution in [0.25, 0.3) is 0 Å². The van der Waals surface area contributed by atoms with Crippen LogP contribution in [0.4, 0.5) is 0 Å². The number of carbonyl (C=O) groups excluding carboxylic acids is 1. The molecule has 1 aliphatic heterocycles. The summed E-state index contributed by atoms with van der Waals surface area (Å²) in [4.78, 5) is 13.9. The molecule has 1 aliphatic carbocycles. The van der Waals surface area contributed by atoms with Crippen molar-refractivity contribution in [2.75, 3.05) is 19.7 Å². The van der Waals surface area contributed by atoms with Crippen molar-refractivity contribution in [2.24, 2.45) is 5.92 Å². The molecule has 0 spiro atoms. The molecule has 2 fully saturated rings. The number of rotatable bonds is 5. The SMILES string of the molecule is CCOC(C)CN1C(=O)CNC1C1CCCC1. The molecular formula is C13H24N2O2. The Bertz CT molecular complexity index is 264. The van der Waals surface area contributed by atoms with E-state index in [1.165, 1.54) is 25.7 Å². The van der Waals surface area contributed by atoms with Crippen LogP contribution in [0.3, 0.4) is 0 Å². The van der Waals surface area contributed by atoms with Gasteiger partial charge >= 0.3 is 0 Å². The van der Waals surface area contributed by atoms with Crippen molar-refractivity contribution in [2.45, 2.75) is 51.8 Å². The minimum absolute atomic E-state index is 0.132. The number of nitrogens with zero attached hydrogens (tertiary/aromatic N) is 1. The maximum Gasteiger partial charge on any atom is 0.237 e. The highest BCUT2D eigenvalue weighted by Crippen LogP contribution is 2.30. The Labute approximate surface area is 104 Å². The summed E-state index contributed by atoms with van der Waals surface area (Å²) in [7, 11) is 0. The minimum atomic E-state index is 0.132. The summed E-state index contributed by atoms with van der Waals surface area (Å²) >= 11 is 0. The van der Waals surface area contributed by atoms with Crippen molar-refractivity contribution in [1.82, 2.24) is 10.2 Å². The van der Waals surface area contributed by atoms with Crippen LogP contribution in [0.15, 0.2) is 0 Å². The molecule has 1 saturated carbocycles. The first kappa shape index (κ1) is 12.8. The summed E-state index contributed by atoms with van der Waals surface area (Å²) in [6.45, 7) is 5.97. The van der Waals surface area contributed by atoms with Crippen LogP contribution in [-0.2, 0) is 9.53 Å². The lowest BCUT2D eigenvalue weighted by Crippen LogP contribution is -2.45. The van der Waals surface area contributed by atoms with Crippen molar-refractivity contribution in [3.63, 3.8) is 0 Å². The molecule has 98 valence electrons. The van der Waals surface area contributed by atoms with E-state index in [0.29, 0.717) is 19.1 Å². The molecule has 0 aromatic rings. The fraction of sp³-hybridized carbons (Fsp3) is 0.923. The van der Waals surface area contributed by atoms with Gasteiger partial charge in [-0.2, -0.15) is 0 Å². The van der Waals surface area contributed by atoms with E-state index in [9.17, 15) is 4.79 Å². The van der Waals surface area contributed by atoms with E-state index >= 15 is 0 Å². The lowest BCUT2D eigenvalue weighted by Gasteiger charge is -2.31. The first-order valence-corrected chi connectivity index (χ1v) is 6.86. The second-order valence-electron chi connectivity index (χ2n) is 5.18. The smallest absolute Gasteiger partial charge is 0.237 e. The highest BCUT2D eigenvalue weighted by Gasteiger charge is 2.37. The Hall–Kier alpha value is -0.610. The van der Waals surface area contributed by atoms with Crippen molar-refractivity contribution in [3.8, 4) is 0 Å². The number of hydrogen-bond donors (Lipinski definition) is 1. The van der Waals surface area contributed by atoms with Gasteiger partial charge in [-0.25, -0.2) is 0 Å². The van der Waals surface area contributed by atoms with E-state index in [2.05, 4.69) is 5.32 Å². The van der Waals surface area contributed by atoms with Gasteiger partial charge in [-0.3, -0.25) is 10.1 Å². The first-order valence-electron chi connectivity index (χ1n) is 6.86. The molecule has 0 aromatic heterocycles. The zero-order chi connectivity index (χ0) is 12.3. The van der Waals surface area contributed by atoms with Gasteiger partial charge in [0, 0.05) is 13.2 Å². The highest BCUT2D eigenvalue weighted by atomic mass is 16.5. The zero-order valence-electron chi connectivity index (χ0n) is 10.9. The van der Waals surface area contributed by atoms with Crippen LogP contribution >= 0.6 is 0 Å². The first-order chi connectivity index (χ1) is 8.22. The summed E-state index contributed by atoms with van der Waals surface area (Å²) in [6, 6.07) is 0. The third-order valence-corrected chi connectivity index (χ3v) is 3.87. The van der Waals surface area contributed by atoms with E-state index in [1.807, 2.05) is 18.7 Å². The van der Waals surface area contributed by atoms with Crippen LogP contribution in [0.5, 0.6) is 0 Å². The van der Waals surface area contributed by atoms with Gasteiger partial charge in [-0.05, 0) is 32.6 Å². The Kier molecular flexibility index (Phi) is 4.40. The van der Waals surface area contributed by atoms with E-state index in [1.54, 1.807) is 0 Å². The van der Waals surface area contributed by atoms with Crippen LogP contribution in [0.2, 0.25) is 0 Å². The Morgan fingerprint density at radius 3 is 2.82 bits per heavy atom. The Balaban J connectivity index is 1.93. The molecule has 1 amide bonds. The molecule has 17 heavy (non-hydrogen) atoms. The molecule has 4 nitrogen and oxygen atoms in total. The molecule has 1 saturated heterocycles. The van der Waals surface area contributed by atoms with E-state index in [-0.39, 0.29) is 18.2 Å². The van der Waals surface area contributed by atoms with Crippen molar-refractivity contribution < 1.29 is 9.53 Å². The highest BCUT2D eigenvalue weighted by molar-refractivity contribution is 5.80. The molecule has 0 radical (unpaired) electrons. The van der Waals surface area contributed by atoms with Crippen molar-refractivity contribution >= 4 is 5.91 Å². The van der Waals surface area contributed by atoms with Gasteiger partial charge in [-0.15, -0.1) is 0 Å². The molecule has 2 rings (SSSR count). The van der Waals surface area contributed by atoms with Gasteiger partial charge in [0.2, 0.25) is 5.91 Å². The molecule has 2 unspecified atom stereocenters. The number of amides is 1. The molecule has 1 N–H and O–H groups in total. The van der Waals surface area contributed by atoms with Gasteiger partial charge in [0.1, 0.15) is 0 Å². The van der Waals surface area contributed by atoms with Crippen molar-refractivity contribution in [3.05, 3.63) is 0 Å². The zero-order valence-corrected chi connectivity index (χ0v) is 10.9. The quantitative estimate of drug-likeness (QED) is 0.789. The molecule has 2 atom stereocenters. The fourth-order valence-electron chi connectivity index (χ4n) is 3.08. The molecule has 1 heterocycles. The molecule has 0 aromatic carbocycles. The third kappa shape index (κ3) is 2.99. The number of carbonyl (C=O) groups is 1. The molecule has 0 bridgehead atoms. The maximum atomic E-state index is 11.9. The Morgan fingerprint density at radius 1 is 1.47 bits per heavy atom. The normalized spacial score (nSPS) is 28.0. The summed E-state index contributed by atoms with van der Waals surface area (Å²) in [6.07, 6.45) is 5.52. The second kappa shape index (κ2) is 5.83. The van der Waals surface area contributed by atoms with Crippen LogP contribution < -0.4 is 5.32 Å². The standard InChI is InChI=1S/C13H24N2O2/c1-3-17-10(2)9-15-12(16)8-14-13(15)11-6-4-5-7-11/h10-11,13-14H,3-9H2,1-2H3. The summed E-state index contributed by atoms with van der Waals surface area (Å²) in [5, 5.41) is 3.37. The second-order valence-corrected chi connectivity index (χ2v) is 5.18. The van der Waals surface area contributed by atoms with Crippen molar-refractivity contribution in [1.29, 1.82) is 0 Å². The topological polar surface area (TPSA) is 41.6 Å².